The molecule has 0 aliphatic heterocycles. The first kappa shape index (κ1) is 14.8. The summed E-state index contributed by atoms with van der Waals surface area (Å²) in [5.41, 5.74) is 7.70. The Labute approximate surface area is 118 Å². The molecule has 0 atom stereocenters. The Hall–Kier alpha value is -1.22. The predicted molar refractivity (Wildman–Crippen MR) is 77.4 cm³/mol. The molecule has 0 spiro atoms. The highest BCUT2D eigenvalue weighted by atomic mass is 35.5. The van der Waals surface area contributed by atoms with Crippen molar-refractivity contribution in [3.8, 4) is 5.75 Å². The van der Waals surface area contributed by atoms with Gasteiger partial charge in [-0.1, -0.05) is 41.9 Å². The second-order valence-electron chi connectivity index (χ2n) is 3.73. The van der Waals surface area contributed by atoms with Crippen molar-refractivity contribution in [2.75, 3.05) is 0 Å². The highest BCUT2D eigenvalue weighted by molar-refractivity contribution is 6.30. The van der Waals surface area contributed by atoms with Gasteiger partial charge in [-0.2, -0.15) is 0 Å². The first-order valence-electron chi connectivity index (χ1n) is 5.45. The molecule has 2 nitrogen and oxygen atoms in total. The molecule has 0 fully saturated rings. The predicted octanol–water partition coefficient (Wildman–Crippen LogP) is 3.80. The molecule has 0 aliphatic rings. The fraction of sp³-hybridized carbons (Fsp3) is 0.143. The highest BCUT2D eigenvalue weighted by Gasteiger charge is 2.03. The molecule has 18 heavy (non-hydrogen) atoms. The molecule has 0 unspecified atom stereocenters. The standard InChI is InChI=1S/C14H14ClNO.ClH/c15-13-6-7-14(12(8-13)9-16)17-10-11-4-2-1-3-5-11;/h1-8H,9-10,16H2;1H. The van der Waals surface area contributed by atoms with E-state index in [0.29, 0.717) is 18.2 Å². The molecule has 0 heterocycles. The number of ether oxygens (including phenoxy) is 1. The number of benzene rings is 2. The molecule has 2 rings (SSSR count). The number of rotatable bonds is 4. The van der Waals surface area contributed by atoms with Gasteiger partial charge in [0.2, 0.25) is 0 Å². The summed E-state index contributed by atoms with van der Waals surface area (Å²) in [6.07, 6.45) is 0. The van der Waals surface area contributed by atoms with Crippen LogP contribution < -0.4 is 10.5 Å². The maximum atomic E-state index is 5.90. The van der Waals surface area contributed by atoms with E-state index in [1.54, 1.807) is 6.07 Å². The molecular weight excluding hydrogens is 269 g/mol. The summed E-state index contributed by atoms with van der Waals surface area (Å²) in [7, 11) is 0. The van der Waals surface area contributed by atoms with E-state index in [0.717, 1.165) is 16.9 Å². The number of hydrogen-bond acceptors (Lipinski definition) is 2. The van der Waals surface area contributed by atoms with Crippen LogP contribution in [0.1, 0.15) is 11.1 Å². The Bertz CT molecular complexity index is 488. The summed E-state index contributed by atoms with van der Waals surface area (Å²) in [4.78, 5) is 0. The molecule has 2 aromatic rings. The fourth-order valence-corrected chi connectivity index (χ4v) is 1.78. The van der Waals surface area contributed by atoms with Crippen molar-refractivity contribution in [1.29, 1.82) is 0 Å². The van der Waals surface area contributed by atoms with Crippen LogP contribution in [-0.4, -0.2) is 0 Å². The molecule has 0 radical (unpaired) electrons. The summed E-state index contributed by atoms with van der Waals surface area (Å²) >= 11 is 5.90. The summed E-state index contributed by atoms with van der Waals surface area (Å²) in [6.45, 7) is 0.958. The van der Waals surface area contributed by atoms with Crippen LogP contribution in [0.2, 0.25) is 5.02 Å². The normalized spacial score (nSPS) is 9.67. The number of hydrogen-bond donors (Lipinski definition) is 1. The van der Waals surface area contributed by atoms with Gasteiger partial charge in [0, 0.05) is 17.1 Å². The van der Waals surface area contributed by atoms with Crippen molar-refractivity contribution in [2.45, 2.75) is 13.2 Å². The molecular formula is C14H15Cl2NO. The minimum atomic E-state index is 0. The van der Waals surface area contributed by atoms with Gasteiger partial charge in [0.15, 0.2) is 0 Å². The molecule has 4 heteroatoms. The van der Waals surface area contributed by atoms with Crippen LogP contribution in [0.5, 0.6) is 5.75 Å². The maximum Gasteiger partial charge on any atom is 0.124 e. The third-order valence-electron chi connectivity index (χ3n) is 2.48. The lowest BCUT2D eigenvalue weighted by Gasteiger charge is -2.10. The maximum absolute atomic E-state index is 5.90. The summed E-state index contributed by atoms with van der Waals surface area (Å²) in [6, 6.07) is 15.5. The van der Waals surface area contributed by atoms with E-state index in [2.05, 4.69) is 0 Å². The van der Waals surface area contributed by atoms with Crippen molar-refractivity contribution in [1.82, 2.24) is 0 Å². The van der Waals surface area contributed by atoms with Gasteiger partial charge in [-0.3, -0.25) is 0 Å². The van der Waals surface area contributed by atoms with Gasteiger partial charge in [0.1, 0.15) is 12.4 Å². The van der Waals surface area contributed by atoms with E-state index < -0.39 is 0 Å². The average Bonchev–Trinajstić information content (AvgIpc) is 2.38. The van der Waals surface area contributed by atoms with Crippen molar-refractivity contribution in [2.24, 2.45) is 5.73 Å². The van der Waals surface area contributed by atoms with E-state index in [9.17, 15) is 0 Å². The zero-order chi connectivity index (χ0) is 12.1. The van der Waals surface area contributed by atoms with Gasteiger partial charge in [-0.05, 0) is 23.8 Å². The van der Waals surface area contributed by atoms with E-state index in [-0.39, 0.29) is 12.4 Å². The quantitative estimate of drug-likeness (QED) is 0.926. The van der Waals surface area contributed by atoms with E-state index >= 15 is 0 Å². The molecule has 96 valence electrons. The minimum absolute atomic E-state index is 0. The van der Waals surface area contributed by atoms with Crippen LogP contribution in [0.4, 0.5) is 0 Å². The fourth-order valence-electron chi connectivity index (χ4n) is 1.58. The zero-order valence-electron chi connectivity index (χ0n) is 9.80. The summed E-state index contributed by atoms with van der Waals surface area (Å²) in [5.74, 6) is 0.792. The van der Waals surface area contributed by atoms with Crippen LogP contribution in [0.3, 0.4) is 0 Å². The van der Waals surface area contributed by atoms with Gasteiger partial charge < -0.3 is 10.5 Å². The first-order chi connectivity index (χ1) is 8.29. The van der Waals surface area contributed by atoms with Crippen molar-refractivity contribution in [3.05, 3.63) is 64.7 Å². The monoisotopic (exact) mass is 283 g/mol. The Kier molecular flexibility index (Phi) is 5.99. The Morgan fingerprint density at radius 3 is 2.44 bits per heavy atom. The molecule has 0 amide bonds. The average molecular weight is 284 g/mol. The lowest BCUT2D eigenvalue weighted by Crippen LogP contribution is -2.02. The van der Waals surface area contributed by atoms with Crippen LogP contribution >= 0.6 is 24.0 Å². The van der Waals surface area contributed by atoms with Crippen LogP contribution in [-0.2, 0) is 13.2 Å². The molecule has 0 bridgehead atoms. The minimum Gasteiger partial charge on any atom is -0.489 e. The molecule has 2 aromatic carbocycles. The van der Waals surface area contributed by atoms with E-state index in [4.69, 9.17) is 22.1 Å². The van der Waals surface area contributed by atoms with Crippen molar-refractivity contribution in [3.63, 3.8) is 0 Å². The van der Waals surface area contributed by atoms with Gasteiger partial charge in [0.05, 0.1) is 0 Å². The van der Waals surface area contributed by atoms with Gasteiger partial charge >= 0.3 is 0 Å². The lowest BCUT2D eigenvalue weighted by molar-refractivity contribution is 0.303. The second kappa shape index (κ2) is 7.27. The van der Waals surface area contributed by atoms with Crippen LogP contribution in [0.15, 0.2) is 48.5 Å². The highest BCUT2D eigenvalue weighted by Crippen LogP contribution is 2.23. The third kappa shape index (κ3) is 3.91. The van der Waals surface area contributed by atoms with Crippen LogP contribution in [0, 0.1) is 0 Å². The zero-order valence-corrected chi connectivity index (χ0v) is 11.4. The largest absolute Gasteiger partial charge is 0.489 e. The number of nitrogens with two attached hydrogens (primary N) is 1. The van der Waals surface area contributed by atoms with Gasteiger partial charge in [-0.25, -0.2) is 0 Å². The Balaban J connectivity index is 0.00000162. The Morgan fingerprint density at radius 2 is 1.78 bits per heavy atom. The van der Waals surface area contributed by atoms with Crippen LogP contribution in [0.25, 0.3) is 0 Å². The Morgan fingerprint density at radius 1 is 1.06 bits per heavy atom. The second-order valence-corrected chi connectivity index (χ2v) is 4.17. The van der Waals surface area contributed by atoms with Gasteiger partial charge in [0.25, 0.3) is 0 Å². The SMILES string of the molecule is Cl.NCc1cc(Cl)ccc1OCc1ccccc1. The van der Waals surface area contributed by atoms with Crippen molar-refractivity contribution >= 4 is 24.0 Å². The van der Waals surface area contributed by atoms with E-state index in [1.165, 1.54) is 0 Å². The third-order valence-corrected chi connectivity index (χ3v) is 2.71. The molecule has 0 saturated carbocycles. The van der Waals surface area contributed by atoms with Gasteiger partial charge in [-0.15, -0.1) is 12.4 Å². The summed E-state index contributed by atoms with van der Waals surface area (Å²) in [5, 5.41) is 0.678. The molecule has 0 aliphatic carbocycles. The summed E-state index contributed by atoms with van der Waals surface area (Å²) < 4.78 is 5.73. The first-order valence-corrected chi connectivity index (χ1v) is 5.82. The molecule has 0 saturated heterocycles. The molecule has 2 N–H and O–H groups in total. The number of halogens is 2. The molecule has 0 aromatic heterocycles. The lowest BCUT2D eigenvalue weighted by atomic mass is 10.2. The topological polar surface area (TPSA) is 35.2 Å². The smallest absolute Gasteiger partial charge is 0.124 e. The van der Waals surface area contributed by atoms with E-state index in [1.807, 2.05) is 42.5 Å². The van der Waals surface area contributed by atoms with Crippen molar-refractivity contribution < 1.29 is 4.74 Å².